The quantitative estimate of drug-likeness (QED) is 0.721. The summed E-state index contributed by atoms with van der Waals surface area (Å²) in [4.78, 5) is 0. The van der Waals surface area contributed by atoms with Gasteiger partial charge in [-0.05, 0) is 25.8 Å². The van der Waals surface area contributed by atoms with Crippen LogP contribution in [0.25, 0.3) is 0 Å². The molecule has 5 heteroatoms. The Morgan fingerprint density at radius 1 is 1.50 bits per heavy atom. The molecule has 0 spiro atoms. The van der Waals surface area contributed by atoms with Crippen LogP contribution >= 0.6 is 0 Å². The van der Waals surface area contributed by atoms with E-state index in [0.29, 0.717) is 17.6 Å². The van der Waals surface area contributed by atoms with Gasteiger partial charge < -0.3 is 9.84 Å². The van der Waals surface area contributed by atoms with E-state index in [1.54, 1.807) is 19.9 Å². The molecule has 16 heavy (non-hydrogen) atoms. The zero-order valence-corrected chi connectivity index (χ0v) is 9.47. The zero-order chi connectivity index (χ0) is 12.8. The number of halogens is 3. The second-order valence-corrected chi connectivity index (χ2v) is 3.64. The normalized spacial score (nSPS) is 15.0. The van der Waals surface area contributed by atoms with Gasteiger partial charge in [0.15, 0.2) is 0 Å². The van der Waals surface area contributed by atoms with E-state index in [2.05, 4.69) is 11.3 Å². The number of alkyl halides is 3. The van der Waals surface area contributed by atoms with Crippen LogP contribution in [0.15, 0.2) is 23.8 Å². The summed E-state index contributed by atoms with van der Waals surface area (Å²) in [5.74, 6) is 0. The van der Waals surface area contributed by atoms with Gasteiger partial charge in [0, 0.05) is 0 Å². The van der Waals surface area contributed by atoms with E-state index in [0.717, 1.165) is 0 Å². The van der Waals surface area contributed by atoms with Crippen LogP contribution in [0.4, 0.5) is 13.2 Å². The molecular formula is C11H17F3O2. The summed E-state index contributed by atoms with van der Waals surface area (Å²) in [5.41, 5.74) is 1.33. The highest BCUT2D eigenvalue weighted by Gasteiger charge is 2.28. The third-order valence-electron chi connectivity index (χ3n) is 1.95. The van der Waals surface area contributed by atoms with E-state index < -0.39 is 18.9 Å². The fourth-order valence-electron chi connectivity index (χ4n) is 0.987. The fourth-order valence-corrected chi connectivity index (χ4v) is 0.987. The molecule has 0 amide bonds. The van der Waals surface area contributed by atoms with Gasteiger partial charge in [-0.2, -0.15) is 13.2 Å². The van der Waals surface area contributed by atoms with Crippen molar-refractivity contribution in [1.82, 2.24) is 0 Å². The van der Waals surface area contributed by atoms with Crippen molar-refractivity contribution in [1.29, 1.82) is 0 Å². The van der Waals surface area contributed by atoms with Crippen LogP contribution in [0, 0.1) is 0 Å². The number of hydrogen-bond acceptors (Lipinski definition) is 2. The lowest BCUT2D eigenvalue weighted by molar-refractivity contribution is -0.183. The Morgan fingerprint density at radius 3 is 2.44 bits per heavy atom. The molecule has 0 aromatic heterocycles. The molecule has 0 aliphatic heterocycles. The van der Waals surface area contributed by atoms with Gasteiger partial charge >= 0.3 is 6.18 Å². The molecule has 0 rings (SSSR count). The van der Waals surface area contributed by atoms with Crippen LogP contribution in [0.2, 0.25) is 0 Å². The lowest BCUT2D eigenvalue weighted by Crippen LogP contribution is -2.21. The van der Waals surface area contributed by atoms with Gasteiger partial charge in [0.1, 0.15) is 6.61 Å². The fraction of sp³-hybridized carbons (Fsp3) is 0.636. The van der Waals surface area contributed by atoms with Gasteiger partial charge in [-0.1, -0.05) is 18.2 Å². The van der Waals surface area contributed by atoms with Crippen LogP contribution in [-0.2, 0) is 4.74 Å². The third kappa shape index (κ3) is 7.48. The first kappa shape index (κ1) is 15.2. The topological polar surface area (TPSA) is 29.5 Å². The minimum absolute atomic E-state index is 0.165. The molecule has 2 nitrogen and oxygen atoms in total. The van der Waals surface area contributed by atoms with E-state index in [1.165, 1.54) is 0 Å². The molecule has 0 aromatic rings. The van der Waals surface area contributed by atoms with E-state index in [9.17, 15) is 13.2 Å². The number of aliphatic hydroxyl groups is 1. The number of ether oxygens (including phenoxy) is 1. The van der Waals surface area contributed by atoms with E-state index in [1.807, 2.05) is 0 Å². The van der Waals surface area contributed by atoms with Crippen molar-refractivity contribution in [2.75, 3.05) is 13.2 Å². The largest absolute Gasteiger partial charge is 0.411 e. The Bertz CT molecular complexity index is 256. The SMILES string of the molecule is C=C(C)/C(=C\CC(C)OCC(F)(F)F)CO. The maximum Gasteiger partial charge on any atom is 0.411 e. The summed E-state index contributed by atoms with van der Waals surface area (Å²) in [6.07, 6.45) is -2.88. The number of rotatable bonds is 6. The summed E-state index contributed by atoms with van der Waals surface area (Å²) < 4.78 is 40.0. The minimum atomic E-state index is -4.30. The summed E-state index contributed by atoms with van der Waals surface area (Å²) in [6.45, 7) is 5.51. The van der Waals surface area contributed by atoms with E-state index in [4.69, 9.17) is 5.11 Å². The first-order chi connectivity index (χ1) is 7.26. The summed E-state index contributed by atoms with van der Waals surface area (Å²) in [7, 11) is 0. The molecule has 1 N–H and O–H groups in total. The van der Waals surface area contributed by atoms with Gasteiger partial charge in [-0.3, -0.25) is 0 Å². The van der Waals surface area contributed by atoms with Crippen molar-refractivity contribution >= 4 is 0 Å². The van der Waals surface area contributed by atoms with E-state index in [-0.39, 0.29) is 6.61 Å². The van der Waals surface area contributed by atoms with Crippen molar-refractivity contribution < 1.29 is 23.0 Å². The highest BCUT2D eigenvalue weighted by atomic mass is 19.4. The van der Waals surface area contributed by atoms with Crippen LogP contribution < -0.4 is 0 Å². The monoisotopic (exact) mass is 238 g/mol. The highest BCUT2D eigenvalue weighted by Crippen LogP contribution is 2.17. The Morgan fingerprint density at radius 2 is 2.06 bits per heavy atom. The van der Waals surface area contributed by atoms with Gasteiger partial charge in [0.25, 0.3) is 0 Å². The van der Waals surface area contributed by atoms with Gasteiger partial charge in [0.05, 0.1) is 12.7 Å². The first-order valence-electron chi connectivity index (χ1n) is 4.90. The predicted octanol–water partition coefficient (Wildman–Crippen LogP) is 2.84. The average molecular weight is 238 g/mol. The number of hydrogen-bond donors (Lipinski definition) is 1. The van der Waals surface area contributed by atoms with Crippen LogP contribution in [0.3, 0.4) is 0 Å². The summed E-state index contributed by atoms with van der Waals surface area (Å²) in [5, 5.41) is 8.92. The Kier molecular flexibility index (Phi) is 6.36. The molecule has 0 saturated carbocycles. The van der Waals surface area contributed by atoms with Crippen LogP contribution in [0.5, 0.6) is 0 Å². The first-order valence-corrected chi connectivity index (χ1v) is 4.90. The maximum atomic E-state index is 11.8. The Hall–Kier alpha value is -0.810. The maximum absolute atomic E-state index is 11.8. The molecule has 0 bridgehead atoms. The van der Waals surface area contributed by atoms with Gasteiger partial charge in [0.2, 0.25) is 0 Å². The van der Waals surface area contributed by atoms with Crippen LogP contribution in [-0.4, -0.2) is 30.6 Å². The lowest BCUT2D eigenvalue weighted by atomic mass is 10.1. The standard InChI is InChI=1S/C11H17F3O2/c1-8(2)10(6-15)5-4-9(3)16-7-11(12,13)14/h5,9,15H,1,4,6-7H2,2-3H3/b10-5-. The van der Waals surface area contributed by atoms with Crippen molar-refractivity contribution in [3.05, 3.63) is 23.8 Å². The molecule has 0 aromatic carbocycles. The summed E-state index contributed by atoms with van der Waals surface area (Å²) >= 11 is 0. The molecule has 0 aliphatic rings. The van der Waals surface area contributed by atoms with Gasteiger partial charge in [-0.15, -0.1) is 0 Å². The van der Waals surface area contributed by atoms with Crippen molar-refractivity contribution in [2.45, 2.75) is 32.5 Å². The summed E-state index contributed by atoms with van der Waals surface area (Å²) in [6, 6.07) is 0. The zero-order valence-electron chi connectivity index (χ0n) is 9.47. The average Bonchev–Trinajstić information content (AvgIpc) is 2.14. The highest BCUT2D eigenvalue weighted by molar-refractivity contribution is 5.26. The Labute approximate surface area is 93.4 Å². The second-order valence-electron chi connectivity index (χ2n) is 3.64. The third-order valence-corrected chi connectivity index (χ3v) is 1.95. The molecule has 1 atom stereocenters. The Balaban J connectivity index is 4.05. The lowest BCUT2D eigenvalue weighted by Gasteiger charge is -2.13. The minimum Gasteiger partial charge on any atom is -0.392 e. The van der Waals surface area contributed by atoms with Crippen molar-refractivity contribution in [2.24, 2.45) is 0 Å². The van der Waals surface area contributed by atoms with Gasteiger partial charge in [-0.25, -0.2) is 0 Å². The molecule has 0 heterocycles. The predicted molar refractivity (Wildman–Crippen MR) is 56.1 cm³/mol. The molecule has 0 saturated heterocycles. The van der Waals surface area contributed by atoms with Crippen LogP contribution in [0.1, 0.15) is 20.3 Å². The van der Waals surface area contributed by atoms with Crippen molar-refractivity contribution in [3.63, 3.8) is 0 Å². The molecule has 94 valence electrons. The van der Waals surface area contributed by atoms with E-state index >= 15 is 0 Å². The molecular weight excluding hydrogens is 221 g/mol. The molecule has 1 unspecified atom stereocenters. The molecule has 0 radical (unpaired) electrons. The number of aliphatic hydroxyl groups excluding tert-OH is 1. The molecule has 0 fully saturated rings. The second kappa shape index (κ2) is 6.70. The van der Waals surface area contributed by atoms with Crippen molar-refractivity contribution in [3.8, 4) is 0 Å². The smallest absolute Gasteiger partial charge is 0.392 e. The molecule has 0 aliphatic carbocycles.